The molecular formula is C23H25ClN2O3S. The minimum atomic E-state index is -3.14. The second kappa shape index (κ2) is 7.08. The Morgan fingerprint density at radius 3 is 2.40 bits per heavy atom. The average molecular weight is 445 g/mol. The summed E-state index contributed by atoms with van der Waals surface area (Å²) in [5.74, 6) is 0.678. The molecule has 1 amide bonds. The van der Waals surface area contributed by atoms with Crippen molar-refractivity contribution in [2.45, 2.75) is 30.6 Å². The largest absolute Gasteiger partial charge is 0.311 e. The zero-order valence-electron chi connectivity index (χ0n) is 16.9. The van der Waals surface area contributed by atoms with Gasteiger partial charge in [0.15, 0.2) is 0 Å². The average Bonchev–Trinajstić information content (AvgIpc) is 3.44. The fraction of sp³-hybridized carbons (Fsp3) is 0.435. The van der Waals surface area contributed by atoms with Gasteiger partial charge in [-0.25, -0.2) is 12.7 Å². The number of carbonyl (C=O) groups excluding carboxylic acids is 1. The molecule has 1 saturated heterocycles. The number of fused-ring (bicyclic) bond motifs is 2. The van der Waals surface area contributed by atoms with Crippen LogP contribution >= 0.6 is 11.6 Å². The van der Waals surface area contributed by atoms with Crippen molar-refractivity contribution in [3.63, 3.8) is 0 Å². The Morgan fingerprint density at radius 1 is 1.07 bits per heavy atom. The molecule has 7 heteroatoms. The third-order valence-corrected chi connectivity index (χ3v) is 8.57. The molecule has 2 fully saturated rings. The first-order valence-corrected chi connectivity index (χ1v) is 12.7. The smallest absolute Gasteiger partial charge is 0.238 e. The predicted molar refractivity (Wildman–Crippen MR) is 118 cm³/mol. The second-order valence-corrected chi connectivity index (χ2v) is 11.2. The van der Waals surface area contributed by atoms with Crippen molar-refractivity contribution in [3.05, 3.63) is 64.7 Å². The quantitative estimate of drug-likeness (QED) is 0.721. The molecule has 2 aromatic rings. The Balaban J connectivity index is 1.38. The molecule has 2 atom stereocenters. The van der Waals surface area contributed by atoms with Gasteiger partial charge in [0.25, 0.3) is 0 Å². The van der Waals surface area contributed by atoms with E-state index in [0.29, 0.717) is 30.6 Å². The lowest BCUT2D eigenvalue weighted by Gasteiger charge is -2.32. The molecule has 3 aliphatic rings. The first-order chi connectivity index (χ1) is 14.3. The Kier molecular flexibility index (Phi) is 4.73. The van der Waals surface area contributed by atoms with Crippen LogP contribution in [-0.2, 0) is 20.2 Å². The van der Waals surface area contributed by atoms with E-state index in [-0.39, 0.29) is 11.8 Å². The molecule has 30 heavy (non-hydrogen) atoms. The monoisotopic (exact) mass is 444 g/mol. The van der Waals surface area contributed by atoms with Crippen LogP contribution < -0.4 is 4.90 Å². The maximum Gasteiger partial charge on any atom is 0.238 e. The lowest BCUT2D eigenvalue weighted by molar-refractivity contribution is -0.120. The van der Waals surface area contributed by atoms with Crippen LogP contribution in [0.3, 0.4) is 0 Å². The number of halogens is 1. The Morgan fingerprint density at radius 2 is 1.73 bits per heavy atom. The number of amides is 1. The summed E-state index contributed by atoms with van der Waals surface area (Å²) in [5, 5.41) is 0.702. The number of nitrogens with zero attached hydrogens (tertiary/aromatic N) is 2. The number of benzene rings is 2. The van der Waals surface area contributed by atoms with Crippen LogP contribution in [0.1, 0.15) is 36.3 Å². The van der Waals surface area contributed by atoms with Gasteiger partial charge >= 0.3 is 0 Å². The van der Waals surface area contributed by atoms with Crippen LogP contribution in [0, 0.1) is 5.92 Å². The minimum absolute atomic E-state index is 0.181. The third-order valence-electron chi connectivity index (χ3n) is 7.02. The lowest BCUT2D eigenvalue weighted by Crippen LogP contribution is -2.43. The molecule has 5 rings (SSSR count). The molecular weight excluding hydrogens is 420 g/mol. The number of hydrogen-bond acceptors (Lipinski definition) is 3. The number of carbonyl (C=O) groups is 1. The van der Waals surface area contributed by atoms with Gasteiger partial charge in [-0.2, -0.15) is 0 Å². The molecule has 0 unspecified atom stereocenters. The highest BCUT2D eigenvalue weighted by Gasteiger charge is 2.67. The van der Waals surface area contributed by atoms with E-state index in [1.165, 1.54) is 6.26 Å². The Bertz CT molecular complexity index is 1090. The molecule has 158 valence electrons. The molecule has 0 radical (unpaired) electrons. The van der Waals surface area contributed by atoms with Crippen molar-refractivity contribution in [2.24, 2.45) is 5.92 Å². The first-order valence-electron chi connectivity index (χ1n) is 10.4. The molecule has 0 bridgehead atoms. The van der Waals surface area contributed by atoms with E-state index in [4.69, 9.17) is 11.6 Å². The van der Waals surface area contributed by atoms with Crippen LogP contribution in [0.5, 0.6) is 0 Å². The van der Waals surface area contributed by atoms with Gasteiger partial charge in [-0.1, -0.05) is 41.9 Å². The maximum absolute atomic E-state index is 13.7. The summed E-state index contributed by atoms with van der Waals surface area (Å²) in [6, 6.07) is 16.0. The molecule has 5 nitrogen and oxygen atoms in total. The van der Waals surface area contributed by atoms with Crippen molar-refractivity contribution in [2.75, 3.05) is 30.8 Å². The summed E-state index contributed by atoms with van der Waals surface area (Å²) in [5.41, 5.74) is 2.84. The zero-order valence-corrected chi connectivity index (χ0v) is 18.5. The number of piperidine rings is 1. The van der Waals surface area contributed by atoms with Crippen LogP contribution in [0.4, 0.5) is 5.69 Å². The fourth-order valence-corrected chi connectivity index (χ4v) is 6.31. The van der Waals surface area contributed by atoms with Crippen LogP contribution in [0.2, 0.25) is 5.02 Å². The Hall–Kier alpha value is -1.89. The molecule has 1 spiro atoms. The number of rotatable bonds is 4. The summed E-state index contributed by atoms with van der Waals surface area (Å²) in [6.45, 7) is 1.72. The minimum Gasteiger partial charge on any atom is -0.311 e. The molecule has 2 heterocycles. The standard InChI is InChI=1S/C23H25ClN2O3S/c1-30(28,29)25-12-10-16(11-13-25)15-26-21-5-3-2-4-19(21)23(22(26)27)14-20(23)17-6-8-18(24)9-7-17/h2-9,16,20H,10-15H2,1H3/t20-,23-/m1/s1. The molecule has 1 aliphatic carbocycles. The van der Waals surface area contributed by atoms with Gasteiger partial charge in [0, 0.05) is 36.3 Å². The van der Waals surface area contributed by atoms with Crippen LogP contribution in [0.25, 0.3) is 0 Å². The van der Waals surface area contributed by atoms with Gasteiger partial charge in [0.1, 0.15) is 0 Å². The number of sulfonamides is 1. The number of hydrogen-bond donors (Lipinski definition) is 0. The topological polar surface area (TPSA) is 57.7 Å². The molecule has 2 aliphatic heterocycles. The van der Waals surface area contributed by atoms with Crippen molar-refractivity contribution in [3.8, 4) is 0 Å². The SMILES string of the molecule is CS(=O)(=O)N1CCC(CN2C(=O)[C@]3(C[C@@H]3c3ccc(Cl)cc3)c3ccccc32)CC1. The van der Waals surface area contributed by atoms with E-state index in [1.807, 2.05) is 47.4 Å². The highest BCUT2D eigenvalue weighted by Crippen LogP contribution is 2.66. The predicted octanol–water partition coefficient (Wildman–Crippen LogP) is 3.78. The molecule has 1 saturated carbocycles. The van der Waals surface area contributed by atoms with Gasteiger partial charge < -0.3 is 4.90 Å². The van der Waals surface area contributed by atoms with E-state index >= 15 is 0 Å². The first kappa shape index (κ1) is 20.0. The summed E-state index contributed by atoms with van der Waals surface area (Å²) >= 11 is 6.05. The fourth-order valence-electron chi connectivity index (χ4n) is 5.31. The summed E-state index contributed by atoms with van der Waals surface area (Å²) in [6.07, 6.45) is 3.66. The van der Waals surface area contributed by atoms with Crippen molar-refractivity contribution in [1.29, 1.82) is 0 Å². The highest BCUT2D eigenvalue weighted by molar-refractivity contribution is 7.88. The lowest BCUT2D eigenvalue weighted by atomic mass is 9.92. The van der Waals surface area contributed by atoms with Crippen LogP contribution in [0.15, 0.2) is 48.5 Å². The number of anilines is 1. The normalized spacial score (nSPS) is 26.9. The summed E-state index contributed by atoms with van der Waals surface area (Å²) in [4.78, 5) is 15.7. The van der Waals surface area contributed by atoms with Gasteiger partial charge in [-0.05, 0) is 54.5 Å². The Labute approximate surface area is 182 Å². The second-order valence-electron chi connectivity index (χ2n) is 8.82. The maximum atomic E-state index is 13.7. The van der Waals surface area contributed by atoms with Gasteiger partial charge in [-0.3, -0.25) is 4.79 Å². The summed E-state index contributed by atoms with van der Waals surface area (Å²) in [7, 11) is -3.14. The van der Waals surface area contributed by atoms with E-state index in [0.717, 1.165) is 36.1 Å². The number of para-hydroxylation sites is 1. The van der Waals surface area contributed by atoms with E-state index in [2.05, 4.69) is 6.07 Å². The van der Waals surface area contributed by atoms with Crippen molar-refractivity contribution < 1.29 is 13.2 Å². The van der Waals surface area contributed by atoms with Crippen molar-refractivity contribution >= 4 is 33.2 Å². The van der Waals surface area contributed by atoms with E-state index in [1.54, 1.807) is 4.31 Å². The summed E-state index contributed by atoms with van der Waals surface area (Å²) < 4.78 is 25.1. The molecule has 0 N–H and O–H groups in total. The van der Waals surface area contributed by atoms with Gasteiger partial charge in [0.05, 0.1) is 11.7 Å². The molecule has 0 aromatic heterocycles. The van der Waals surface area contributed by atoms with Gasteiger partial charge in [-0.15, -0.1) is 0 Å². The van der Waals surface area contributed by atoms with Crippen molar-refractivity contribution in [1.82, 2.24) is 4.31 Å². The molecule has 2 aromatic carbocycles. The van der Waals surface area contributed by atoms with Crippen LogP contribution in [-0.4, -0.2) is 44.5 Å². The highest BCUT2D eigenvalue weighted by atomic mass is 35.5. The van der Waals surface area contributed by atoms with E-state index in [9.17, 15) is 13.2 Å². The zero-order chi connectivity index (χ0) is 21.1. The van der Waals surface area contributed by atoms with E-state index < -0.39 is 15.4 Å². The third kappa shape index (κ3) is 3.17. The van der Waals surface area contributed by atoms with Gasteiger partial charge in [0.2, 0.25) is 15.9 Å².